The van der Waals surface area contributed by atoms with Crippen LogP contribution in [0.25, 0.3) is 0 Å². The molecule has 1 aliphatic carbocycles. The Labute approximate surface area is 117 Å². The lowest BCUT2D eigenvalue weighted by molar-refractivity contribution is -0.174. The summed E-state index contributed by atoms with van der Waals surface area (Å²) in [6.07, 6.45) is -0.806. The first-order valence-electron chi connectivity index (χ1n) is 6.95. The van der Waals surface area contributed by atoms with E-state index in [-0.39, 0.29) is 12.6 Å². The fraction of sp³-hybridized carbons (Fsp3) is 0.600. The summed E-state index contributed by atoms with van der Waals surface area (Å²) in [5.41, 5.74) is 8.73. The predicted molar refractivity (Wildman–Crippen MR) is 71.3 cm³/mol. The fourth-order valence-electron chi connectivity index (χ4n) is 2.82. The van der Waals surface area contributed by atoms with Crippen LogP contribution in [0.5, 0.6) is 0 Å². The van der Waals surface area contributed by atoms with Gasteiger partial charge >= 0.3 is 6.18 Å². The van der Waals surface area contributed by atoms with Gasteiger partial charge in [0.25, 0.3) is 0 Å². The van der Waals surface area contributed by atoms with Crippen LogP contribution in [0, 0.1) is 5.92 Å². The molecule has 0 aliphatic heterocycles. The number of nitrogens with two attached hydrogens (primary N) is 1. The van der Waals surface area contributed by atoms with Crippen molar-refractivity contribution >= 4 is 0 Å². The van der Waals surface area contributed by atoms with E-state index in [2.05, 4.69) is 10.8 Å². The van der Waals surface area contributed by atoms with Crippen molar-refractivity contribution in [1.29, 1.82) is 0 Å². The molecule has 0 radical (unpaired) electrons. The number of aryl methyl sites for hydroxylation is 1. The van der Waals surface area contributed by atoms with Gasteiger partial charge in [-0.1, -0.05) is 24.3 Å². The number of alkyl halides is 3. The van der Waals surface area contributed by atoms with Gasteiger partial charge in [0.2, 0.25) is 0 Å². The van der Waals surface area contributed by atoms with E-state index < -0.39 is 12.8 Å². The summed E-state index contributed by atoms with van der Waals surface area (Å²) in [6.45, 7) is -1.02. The third kappa shape index (κ3) is 4.21. The summed E-state index contributed by atoms with van der Waals surface area (Å²) in [7, 11) is 0. The summed E-state index contributed by atoms with van der Waals surface area (Å²) in [6, 6.07) is 8.12. The van der Waals surface area contributed by atoms with Crippen molar-refractivity contribution in [1.82, 2.24) is 0 Å². The molecule has 2 N–H and O–H groups in total. The van der Waals surface area contributed by atoms with Crippen molar-refractivity contribution < 1.29 is 17.9 Å². The molecule has 0 aromatic heterocycles. The summed E-state index contributed by atoms with van der Waals surface area (Å²) < 4.78 is 40.4. The van der Waals surface area contributed by atoms with Gasteiger partial charge in [0.15, 0.2) is 0 Å². The first-order chi connectivity index (χ1) is 9.47. The van der Waals surface area contributed by atoms with Crippen molar-refractivity contribution in [3.8, 4) is 0 Å². The Hall–Kier alpha value is -1.07. The molecule has 0 saturated carbocycles. The molecule has 2 unspecified atom stereocenters. The summed E-state index contributed by atoms with van der Waals surface area (Å²) in [5.74, 6) is 0.333. The highest BCUT2D eigenvalue weighted by molar-refractivity contribution is 5.32. The average molecular weight is 287 g/mol. The molecule has 0 spiro atoms. The molecule has 0 saturated heterocycles. The first kappa shape index (κ1) is 15.3. The average Bonchev–Trinajstić information content (AvgIpc) is 2.40. The molecule has 5 heteroatoms. The van der Waals surface area contributed by atoms with Crippen LogP contribution in [0.3, 0.4) is 0 Å². The number of benzene rings is 1. The van der Waals surface area contributed by atoms with Gasteiger partial charge in [-0.25, -0.2) is 0 Å². The maximum atomic E-state index is 11.9. The highest BCUT2D eigenvalue weighted by atomic mass is 19.4. The second kappa shape index (κ2) is 6.59. The lowest BCUT2D eigenvalue weighted by Crippen LogP contribution is -2.27. The monoisotopic (exact) mass is 287 g/mol. The Morgan fingerprint density at radius 3 is 2.75 bits per heavy atom. The number of halogens is 3. The van der Waals surface area contributed by atoms with Crippen LogP contribution in [0.2, 0.25) is 0 Å². The zero-order valence-corrected chi connectivity index (χ0v) is 11.3. The van der Waals surface area contributed by atoms with Crippen molar-refractivity contribution in [3.63, 3.8) is 0 Å². The van der Waals surface area contributed by atoms with Crippen LogP contribution in [-0.4, -0.2) is 19.4 Å². The SMILES string of the molecule is NC1c2ccccc2CCC1CCCOCC(F)(F)F. The molecule has 1 aliphatic rings. The van der Waals surface area contributed by atoms with E-state index >= 15 is 0 Å². The molecular weight excluding hydrogens is 267 g/mol. The molecule has 0 fully saturated rings. The van der Waals surface area contributed by atoms with Crippen molar-refractivity contribution in [2.45, 2.75) is 37.9 Å². The molecular formula is C15H20F3NO. The van der Waals surface area contributed by atoms with Crippen LogP contribution >= 0.6 is 0 Å². The van der Waals surface area contributed by atoms with E-state index in [0.717, 1.165) is 19.3 Å². The van der Waals surface area contributed by atoms with E-state index in [1.807, 2.05) is 18.2 Å². The second-order valence-electron chi connectivity index (χ2n) is 5.33. The molecule has 1 aromatic rings. The number of rotatable bonds is 5. The smallest absolute Gasteiger partial charge is 0.372 e. The van der Waals surface area contributed by atoms with Crippen molar-refractivity contribution in [2.24, 2.45) is 11.7 Å². The van der Waals surface area contributed by atoms with Crippen LogP contribution in [0.1, 0.15) is 36.4 Å². The number of hydrogen-bond donors (Lipinski definition) is 1. The summed E-state index contributed by atoms with van der Waals surface area (Å²) in [5, 5.41) is 0. The van der Waals surface area contributed by atoms with E-state index in [9.17, 15) is 13.2 Å². The van der Waals surface area contributed by atoms with Gasteiger partial charge in [0, 0.05) is 12.6 Å². The highest BCUT2D eigenvalue weighted by Gasteiger charge is 2.28. The Morgan fingerprint density at radius 2 is 2.00 bits per heavy atom. The molecule has 0 bridgehead atoms. The van der Waals surface area contributed by atoms with Crippen LogP contribution in [-0.2, 0) is 11.2 Å². The predicted octanol–water partition coefficient (Wildman–Crippen LogP) is 3.61. The highest BCUT2D eigenvalue weighted by Crippen LogP contribution is 2.35. The topological polar surface area (TPSA) is 35.2 Å². The summed E-state index contributed by atoms with van der Waals surface area (Å²) in [4.78, 5) is 0. The van der Waals surface area contributed by atoms with Gasteiger partial charge in [0.1, 0.15) is 6.61 Å². The minimum absolute atomic E-state index is 0.0115. The molecule has 112 valence electrons. The lowest BCUT2D eigenvalue weighted by atomic mass is 9.78. The molecule has 20 heavy (non-hydrogen) atoms. The standard InChI is InChI=1S/C15H20F3NO/c16-15(17,18)10-20-9-3-5-12-8-7-11-4-1-2-6-13(11)14(12)19/h1-2,4,6,12,14H,3,5,7-10,19H2. The van der Waals surface area contributed by atoms with Crippen molar-refractivity contribution in [3.05, 3.63) is 35.4 Å². The maximum absolute atomic E-state index is 11.9. The number of hydrogen-bond acceptors (Lipinski definition) is 2. The van der Waals surface area contributed by atoms with Gasteiger partial charge in [-0.3, -0.25) is 0 Å². The van der Waals surface area contributed by atoms with Gasteiger partial charge in [-0.05, 0) is 42.7 Å². The second-order valence-corrected chi connectivity index (χ2v) is 5.33. The molecule has 2 nitrogen and oxygen atoms in total. The quantitative estimate of drug-likeness (QED) is 0.840. The number of ether oxygens (including phenoxy) is 1. The zero-order chi connectivity index (χ0) is 14.6. The summed E-state index contributed by atoms with van der Waals surface area (Å²) >= 11 is 0. The van der Waals surface area contributed by atoms with Gasteiger partial charge in [-0.15, -0.1) is 0 Å². The fourth-order valence-corrected chi connectivity index (χ4v) is 2.82. The Kier molecular flexibility index (Phi) is 5.05. The van der Waals surface area contributed by atoms with E-state index in [0.29, 0.717) is 12.3 Å². The van der Waals surface area contributed by atoms with E-state index in [4.69, 9.17) is 5.73 Å². The molecule has 0 amide bonds. The van der Waals surface area contributed by atoms with E-state index in [1.54, 1.807) is 0 Å². The van der Waals surface area contributed by atoms with Crippen LogP contribution in [0.15, 0.2) is 24.3 Å². The molecule has 2 rings (SSSR count). The normalized spacial score (nSPS) is 22.6. The van der Waals surface area contributed by atoms with Crippen LogP contribution in [0.4, 0.5) is 13.2 Å². The molecule has 0 heterocycles. The Morgan fingerprint density at radius 1 is 1.25 bits per heavy atom. The molecule has 1 aromatic carbocycles. The minimum atomic E-state index is -4.24. The lowest BCUT2D eigenvalue weighted by Gasteiger charge is -2.31. The first-order valence-corrected chi connectivity index (χ1v) is 6.95. The van der Waals surface area contributed by atoms with Gasteiger partial charge < -0.3 is 10.5 Å². The Balaban J connectivity index is 1.75. The minimum Gasteiger partial charge on any atom is -0.372 e. The van der Waals surface area contributed by atoms with Gasteiger partial charge in [0.05, 0.1) is 0 Å². The maximum Gasteiger partial charge on any atom is 0.411 e. The third-order valence-corrected chi connectivity index (χ3v) is 3.84. The van der Waals surface area contributed by atoms with E-state index in [1.165, 1.54) is 11.1 Å². The number of fused-ring (bicyclic) bond motifs is 1. The Bertz CT molecular complexity index is 433. The largest absolute Gasteiger partial charge is 0.411 e. The third-order valence-electron chi connectivity index (χ3n) is 3.84. The molecule has 2 atom stereocenters. The zero-order valence-electron chi connectivity index (χ0n) is 11.3. The van der Waals surface area contributed by atoms with Gasteiger partial charge in [-0.2, -0.15) is 13.2 Å². The van der Waals surface area contributed by atoms with Crippen molar-refractivity contribution in [2.75, 3.05) is 13.2 Å². The van der Waals surface area contributed by atoms with Crippen LogP contribution < -0.4 is 5.73 Å².